The van der Waals surface area contributed by atoms with Gasteiger partial charge in [-0.3, -0.25) is 9.59 Å². The van der Waals surface area contributed by atoms with E-state index in [9.17, 15) is 9.59 Å². The van der Waals surface area contributed by atoms with Crippen molar-refractivity contribution < 1.29 is 9.59 Å². The molecule has 0 heterocycles. The number of carbonyl (C=O) groups excluding carboxylic acids is 2. The van der Waals surface area contributed by atoms with E-state index in [1.807, 2.05) is 6.08 Å². The minimum atomic E-state index is -0.102. The third-order valence-electron chi connectivity index (χ3n) is 8.98. The van der Waals surface area contributed by atoms with Crippen molar-refractivity contribution in [1.82, 2.24) is 0 Å². The van der Waals surface area contributed by atoms with E-state index in [2.05, 4.69) is 55.9 Å². The van der Waals surface area contributed by atoms with Gasteiger partial charge in [-0.15, -0.1) is 0 Å². The van der Waals surface area contributed by atoms with Crippen LogP contribution in [0.5, 0.6) is 0 Å². The van der Waals surface area contributed by atoms with Crippen molar-refractivity contribution >= 4 is 23.3 Å². The molecule has 3 fully saturated rings. The highest BCUT2D eigenvalue weighted by molar-refractivity contribution is 7.99. The summed E-state index contributed by atoms with van der Waals surface area (Å²) in [6.07, 6.45) is 8.78. The van der Waals surface area contributed by atoms with E-state index in [4.69, 9.17) is 0 Å². The lowest BCUT2D eigenvalue weighted by atomic mass is 9.47. The van der Waals surface area contributed by atoms with Crippen LogP contribution < -0.4 is 0 Å². The molecule has 1 aromatic rings. The van der Waals surface area contributed by atoms with E-state index < -0.39 is 0 Å². The normalized spacial score (nSPS) is 41.4. The molecule has 0 radical (unpaired) electrons. The molecule has 0 unspecified atom stereocenters. The van der Waals surface area contributed by atoms with Crippen molar-refractivity contribution in [2.45, 2.75) is 69.8 Å². The zero-order valence-electron chi connectivity index (χ0n) is 17.7. The second-order valence-corrected chi connectivity index (χ2v) is 11.5. The second kappa shape index (κ2) is 7.11. The molecule has 3 saturated carbocycles. The molecule has 5 rings (SSSR count). The molecule has 29 heavy (non-hydrogen) atoms. The van der Waals surface area contributed by atoms with Crippen molar-refractivity contribution in [3.05, 3.63) is 47.5 Å². The van der Waals surface area contributed by atoms with Crippen LogP contribution in [-0.4, -0.2) is 16.8 Å². The zero-order chi connectivity index (χ0) is 20.2. The molecule has 0 spiro atoms. The fourth-order valence-electron chi connectivity index (χ4n) is 7.22. The van der Waals surface area contributed by atoms with Crippen LogP contribution in [0.1, 0.15) is 64.4 Å². The first-order valence-corrected chi connectivity index (χ1v) is 12.4. The maximum Gasteiger partial charge on any atom is 0.155 e. The first-order chi connectivity index (χ1) is 13.9. The minimum absolute atomic E-state index is 0.102. The smallest absolute Gasteiger partial charge is 0.155 e. The molecule has 0 bridgehead atoms. The monoisotopic (exact) mass is 408 g/mol. The van der Waals surface area contributed by atoms with Gasteiger partial charge in [0, 0.05) is 29.3 Å². The number of hydrogen-bond donors (Lipinski definition) is 0. The lowest BCUT2D eigenvalue weighted by molar-refractivity contribution is -0.132. The summed E-state index contributed by atoms with van der Waals surface area (Å²) in [6, 6.07) is 10.7. The Morgan fingerprint density at radius 2 is 1.72 bits per heavy atom. The van der Waals surface area contributed by atoms with E-state index in [-0.39, 0.29) is 10.8 Å². The Hall–Kier alpha value is -1.35. The van der Waals surface area contributed by atoms with Crippen LogP contribution in [0.3, 0.4) is 0 Å². The number of ketones is 2. The van der Waals surface area contributed by atoms with Gasteiger partial charge in [-0.2, -0.15) is 11.8 Å². The SMILES string of the molecule is C[C@]12CCC(=O)C=C1C[C@@H](SCc1ccccc1)[C@@H]1[C@@H]2CC[C@]2(C)C(=O)CC[C@@H]12. The Bertz CT molecular complexity index is 859. The lowest BCUT2D eigenvalue weighted by Gasteiger charge is -2.59. The van der Waals surface area contributed by atoms with Crippen LogP contribution in [-0.2, 0) is 15.3 Å². The highest BCUT2D eigenvalue weighted by atomic mass is 32.2. The maximum absolute atomic E-state index is 12.8. The lowest BCUT2D eigenvalue weighted by Crippen LogP contribution is -2.54. The molecule has 2 nitrogen and oxygen atoms in total. The number of Topliss-reactive ketones (excluding diaryl/α,β-unsaturated/α-hetero) is 1. The van der Waals surface area contributed by atoms with Crippen LogP contribution in [0.2, 0.25) is 0 Å². The van der Waals surface area contributed by atoms with Gasteiger partial charge in [0.1, 0.15) is 5.78 Å². The predicted molar refractivity (Wildman–Crippen MR) is 119 cm³/mol. The molecular weight excluding hydrogens is 376 g/mol. The van der Waals surface area contributed by atoms with Crippen LogP contribution in [0.25, 0.3) is 0 Å². The standard InChI is InChI=1S/C26H32O2S/c1-25-12-10-19(27)14-18(25)15-22(29-16-17-6-4-3-5-7-17)24-20-8-9-23(28)26(20,2)13-11-21(24)25/h3-7,14,20-22,24H,8-13,15-16H2,1-2H3/t20-,21-,22+,24-,25-,26-/m0/s1. The molecule has 0 saturated heterocycles. The highest BCUT2D eigenvalue weighted by Crippen LogP contribution is 2.66. The van der Waals surface area contributed by atoms with Crippen LogP contribution >= 0.6 is 11.8 Å². The number of thioether (sulfide) groups is 1. The number of carbonyl (C=O) groups is 2. The summed E-state index contributed by atoms with van der Waals surface area (Å²) in [5, 5.41) is 0.515. The maximum atomic E-state index is 12.8. The zero-order valence-corrected chi connectivity index (χ0v) is 18.5. The molecule has 3 heteroatoms. The summed E-state index contributed by atoms with van der Waals surface area (Å²) in [4.78, 5) is 25.1. The summed E-state index contributed by atoms with van der Waals surface area (Å²) in [7, 11) is 0. The molecule has 4 aliphatic carbocycles. The molecular formula is C26H32O2S. The van der Waals surface area contributed by atoms with Gasteiger partial charge in [0.25, 0.3) is 0 Å². The summed E-state index contributed by atoms with van der Waals surface area (Å²) in [5.74, 6) is 3.59. The molecule has 154 valence electrons. The van der Waals surface area contributed by atoms with Gasteiger partial charge >= 0.3 is 0 Å². The van der Waals surface area contributed by atoms with Gasteiger partial charge in [-0.1, -0.05) is 49.8 Å². The topological polar surface area (TPSA) is 34.1 Å². The molecule has 4 aliphatic rings. The average Bonchev–Trinajstić information content (AvgIpc) is 3.02. The van der Waals surface area contributed by atoms with E-state index in [1.54, 1.807) is 0 Å². The van der Waals surface area contributed by atoms with E-state index in [1.165, 1.54) is 11.1 Å². The Balaban J connectivity index is 1.50. The molecule has 0 aliphatic heterocycles. The van der Waals surface area contributed by atoms with E-state index in [0.29, 0.717) is 41.0 Å². The van der Waals surface area contributed by atoms with E-state index >= 15 is 0 Å². The summed E-state index contributed by atoms with van der Waals surface area (Å²) >= 11 is 2.08. The molecule has 6 atom stereocenters. The fraction of sp³-hybridized carbons (Fsp3) is 0.615. The number of allylic oxidation sites excluding steroid dienone is 1. The van der Waals surface area contributed by atoms with Crippen LogP contribution in [0.15, 0.2) is 42.0 Å². The van der Waals surface area contributed by atoms with Crippen molar-refractivity contribution in [1.29, 1.82) is 0 Å². The Kier molecular flexibility index (Phi) is 4.81. The molecule has 0 amide bonds. The third kappa shape index (κ3) is 3.07. The van der Waals surface area contributed by atoms with Gasteiger partial charge in [0.2, 0.25) is 0 Å². The predicted octanol–water partition coefficient (Wildman–Crippen LogP) is 6.00. The summed E-state index contributed by atoms with van der Waals surface area (Å²) in [5.41, 5.74) is 2.84. The quantitative estimate of drug-likeness (QED) is 0.615. The summed E-state index contributed by atoms with van der Waals surface area (Å²) in [6.45, 7) is 4.70. The number of benzene rings is 1. The van der Waals surface area contributed by atoms with Crippen molar-refractivity contribution in [2.75, 3.05) is 0 Å². The Morgan fingerprint density at radius 1 is 0.966 bits per heavy atom. The number of rotatable bonds is 3. The molecule has 0 N–H and O–H groups in total. The third-order valence-corrected chi connectivity index (χ3v) is 10.4. The van der Waals surface area contributed by atoms with Crippen LogP contribution in [0.4, 0.5) is 0 Å². The van der Waals surface area contributed by atoms with E-state index in [0.717, 1.165) is 44.3 Å². The van der Waals surface area contributed by atoms with Crippen LogP contribution in [0, 0.1) is 28.6 Å². The number of hydrogen-bond acceptors (Lipinski definition) is 3. The molecule has 1 aromatic carbocycles. The first-order valence-electron chi connectivity index (χ1n) is 11.3. The largest absolute Gasteiger partial charge is 0.299 e. The highest BCUT2D eigenvalue weighted by Gasteiger charge is 2.61. The average molecular weight is 409 g/mol. The van der Waals surface area contributed by atoms with Crippen molar-refractivity contribution in [2.24, 2.45) is 28.6 Å². The van der Waals surface area contributed by atoms with Gasteiger partial charge in [0.05, 0.1) is 0 Å². The summed E-state index contributed by atoms with van der Waals surface area (Å²) < 4.78 is 0. The van der Waals surface area contributed by atoms with Gasteiger partial charge in [0.15, 0.2) is 5.78 Å². The van der Waals surface area contributed by atoms with Gasteiger partial charge < -0.3 is 0 Å². The van der Waals surface area contributed by atoms with Gasteiger partial charge in [-0.25, -0.2) is 0 Å². The fourth-order valence-corrected chi connectivity index (χ4v) is 8.72. The minimum Gasteiger partial charge on any atom is -0.299 e. The second-order valence-electron chi connectivity index (χ2n) is 10.3. The Morgan fingerprint density at radius 3 is 2.52 bits per heavy atom. The molecule has 0 aromatic heterocycles. The van der Waals surface area contributed by atoms with Gasteiger partial charge in [-0.05, 0) is 66.9 Å². The van der Waals surface area contributed by atoms with Crippen molar-refractivity contribution in [3.63, 3.8) is 0 Å². The number of fused-ring (bicyclic) bond motifs is 5. The van der Waals surface area contributed by atoms with Crippen molar-refractivity contribution in [3.8, 4) is 0 Å². The Labute approximate surface area is 178 Å². The first kappa shape index (κ1) is 19.6.